The van der Waals surface area contributed by atoms with Gasteiger partial charge in [-0.3, -0.25) is 0 Å². The summed E-state index contributed by atoms with van der Waals surface area (Å²) >= 11 is 0. The Morgan fingerprint density at radius 3 is 2.41 bits per heavy atom. The second-order valence-electron chi connectivity index (χ2n) is 4.20. The Morgan fingerprint density at radius 1 is 1.29 bits per heavy atom. The van der Waals surface area contributed by atoms with E-state index in [1.807, 2.05) is 18.2 Å². The van der Waals surface area contributed by atoms with Gasteiger partial charge in [0.2, 0.25) is 0 Å². The van der Waals surface area contributed by atoms with Gasteiger partial charge in [0.1, 0.15) is 0 Å². The van der Waals surface area contributed by atoms with Crippen LogP contribution in [0.5, 0.6) is 0 Å². The minimum absolute atomic E-state index is 0.425. The van der Waals surface area contributed by atoms with Crippen LogP contribution in [0.2, 0.25) is 0 Å². The lowest BCUT2D eigenvalue weighted by molar-refractivity contribution is 0.365. The molecule has 0 heterocycles. The van der Waals surface area contributed by atoms with Gasteiger partial charge in [-0.15, -0.1) is 0 Å². The molecule has 17 heavy (non-hydrogen) atoms. The Bertz CT molecular complexity index is 369. The normalized spacial score (nSPS) is 13.8. The van der Waals surface area contributed by atoms with Gasteiger partial charge in [0, 0.05) is 18.7 Å². The third-order valence-corrected chi connectivity index (χ3v) is 3.20. The van der Waals surface area contributed by atoms with Crippen molar-refractivity contribution in [2.24, 2.45) is 5.73 Å². The number of nitriles is 1. The lowest BCUT2D eigenvalue weighted by Gasteiger charge is -2.41. The van der Waals surface area contributed by atoms with Crippen LogP contribution < -0.4 is 10.6 Å². The van der Waals surface area contributed by atoms with Crippen LogP contribution in [0.15, 0.2) is 30.3 Å². The average molecular weight is 231 g/mol. The van der Waals surface area contributed by atoms with E-state index >= 15 is 0 Å². The zero-order valence-corrected chi connectivity index (χ0v) is 10.7. The van der Waals surface area contributed by atoms with Crippen molar-refractivity contribution in [3.63, 3.8) is 0 Å². The van der Waals surface area contributed by atoms with Crippen molar-refractivity contribution in [1.29, 1.82) is 5.26 Å². The van der Waals surface area contributed by atoms with Gasteiger partial charge in [-0.1, -0.05) is 25.1 Å². The number of benzene rings is 1. The smallest absolute Gasteiger partial charge is 0.0890 e. The summed E-state index contributed by atoms with van der Waals surface area (Å²) in [5.74, 6) is 0. The highest BCUT2D eigenvalue weighted by atomic mass is 15.3. The first kappa shape index (κ1) is 13.5. The van der Waals surface area contributed by atoms with E-state index in [9.17, 15) is 0 Å². The topological polar surface area (TPSA) is 53.0 Å². The van der Waals surface area contributed by atoms with E-state index < -0.39 is 5.66 Å². The van der Waals surface area contributed by atoms with Crippen molar-refractivity contribution in [3.05, 3.63) is 30.3 Å². The minimum atomic E-state index is -0.425. The first-order chi connectivity index (χ1) is 8.18. The molecule has 0 fully saturated rings. The quantitative estimate of drug-likeness (QED) is 0.766. The van der Waals surface area contributed by atoms with E-state index in [0.29, 0.717) is 12.8 Å². The number of para-hydroxylation sites is 1. The Labute approximate surface area is 104 Å². The molecule has 0 radical (unpaired) electrons. The molecule has 1 aromatic rings. The number of hydrogen-bond acceptors (Lipinski definition) is 3. The molecular weight excluding hydrogens is 210 g/mol. The highest BCUT2D eigenvalue weighted by Crippen LogP contribution is 2.26. The molecule has 3 heteroatoms. The molecule has 1 rings (SSSR count). The zero-order chi connectivity index (χ0) is 12.7. The largest absolute Gasteiger partial charge is 0.354 e. The fourth-order valence-corrected chi connectivity index (χ4v) is 2.14. The molecule has 0 aromatic heterocycles. The molecule has 1 unspecified atom stereocenters. The van der Waals surface area contributed by atoms with E-state index in [2.05, 4.69) is 36.9 Å². The summed E-state index contributed by atoms with van der Waals surface area (Å²) < 4.78 is 0. The van der Waals surface area contributed by atoms with Crippen molar-refractivity contribution in [2.45, 2.75) is 38.8 Å². The van der Waals surface area contributed by atoms with Gasteiger partial charge in [-0.25, -0.2) is 0 Å². The SMILES string of the molecule is CCN(c1ccccc1)C(N)(CC)CCC#N. The van der Waals surface area contributed by atoms with E-state index in [4.69, 9.17) is 11.0 Å². The summed E-state index contributed by atoms with van der Waals surface area (Å²) in [6.45, 7) is 5.01. The van der Waals surface area contributed by atoms with Crippen molar-refractivity contribution in [2.75, 3.05) is 11.4 Å². The molecule has 1 aromatic carbocycles. The molecule has 0 spiro atoms. The fraction of sp³-hybridized carbons (Fsp3) is 0.500. The number of nitrogens with zero attached hydrogens (tertiary/aromatic N) is 2. The Balaban J connectivity index is 2.95. The molecular formula is C14H21N3. The molecule has 0 aliphatic heterocycles. The average Bonchev–Trinajstić information content (AvgIpc) is 2.38. The maximum atomic E-state index is 8.73. The fourth-order valence-electron chi connectivity index (χ4n) is 2.14. The Morgan fingerprint density at radius 2 is 1.94 bits per heavy atom. The Kier molecular flexibility index (Phi) is 4.99. The summed E-state index contributed by atoms with van der Waals surface area (Å²) in [7, 11) is 0. The lowest BCUT2D eigenvalue weighted by Crippen LogP contribution is -2.56. The lowest BCUT2D eigenvalue weighted by atomic mass is 9.98. The predicted molar refractivity (Wildman–Crippen MR) is 71.5 cm³/mol. The molecule has 0 amide bonds. The van der Waals surface area contributed by atoms with Crippen LogP contribution in [0.3, 0.4) is 0 Å². The van der Waals surface area contributed by atoms with Gasteiger partial charge in [0.05, 0.1) is 11.7 Å². The van der Waals surface area contributed by atoms with Crippen LogP contribution in [-0.2, 0) is 0 Å². The second kappa shape index (κ2) is 6.27. The number of anilines is 1. The molecule has 0 bridgehead atoms. The minimum Gasteiger partial charge on any atom is -0.354 e. The first-order valence-electron chi connectivity index (χ1n) is 6.16. The number of nitrogens with two attached hydrogens (primary N) is 1. The predicted octanol–water partition coefficient (Wildman–Crippen LogP) is 2.88. The molecule has 0 saturated heterocycles. The van der Waals surface area contributed by atoms with Gasteiger partial charge < -0.3 is 10.6 Å². The third kappa shape index (κ3) is 3.21. The summed E-state index contributed by atoms with van der Waals surface area (Å²) in [5, 5.41) is 8.73. The van der Waals surface area contributed by atoms with Crippen molar-refractivity contribution in [3.8, 4) is 6.07 Å². The standard InChI is InChI=1S/C14H21N3/c1-3-14(16,11-8-12-15)17(4-2)13-9-6-5-7-10-13/h5-7,9-10H,3-4,8,11,16H2,1-2H3. The number of rotatable bonds is 6. The number of hydrogen-bond donors (Lipinski definition) is 1. The van der Waals surface area contributed by atoms with Crippen LogP contribution in [0.4, 0.5) is 5.69 Å². The molecule has 0 aliphatic rings. The monoisotopic (exact) mass is 231 g/mol. The van der Waals surface area contributed by atoms with Gasteiger partial charge in [0.15, 0.2) is 0 Å². The Hall–Kier alpha value is -1.53. The first-order valence-corrected chi connectivity index (χ1v) is 6.16. The second-order valence-corrected chi connectivity index (χ2v) is 4.20. The van der Waals surface area contributed by atoms with Crippen LogP contribution in [0, 0.1) is 11.3 Å². The molecule has 0 aliphatic carbocycles. The van der Waals surface area contributed by atoms with Crippen molar-refractivity contribution in [1.82, 2.24) is 0 Å². The van der Waals surface area contributed by atoms with E-state index in [-0.39, 0.29) is 0 Å². The highest BCUT2D eigenvalue weighted by Gasteiger charge is 2.29. The van der Waals surface area contributed by atoms with Gasteiger partial charge >= 0.3 is 0 Å². The van der Waals surface area contributed by atoms with Gasteiger partial charge in [0.25, 0.3) is 0 Å². The highest BCUT2D eigenvalue weighted by molar-refractivity contribution is 5.48. The van der Waals surface area contributed by atoms with Crippen molar-refractivity contribution < 1.29 is 0 Å². The summed E-state index contributed by atoms with van der Waals surface area (Å²) in [5.41, 5.74) is 7.14. The van der Waals surface area contributed by atoms with Crippen LogP contribution in [-0.4, -0.2) is 12.2 Å². The molecule has 0 saturated carbocycles. The maximum Gasteiger partial charge on any atom is 0.0890 e. The molecule has 2 N–H and O–H groups in total. The van der Waals surface area contributed by atoms with Gasteiger partial charge in [-0.2, -0.15) is 5.26 Å². The van der Waals surface area contributed by atoms with Crippen LogP contribution in [0.25, 0.3) is 0 Å². The van der Waals surface area contributed by atoms with Gasteiger partial charge in [-0.05, 0) is 31.9 Å². The van der Waals surface area contributed by atoms with Crippen LogP contribution >= 0.6 is 0 Å². The van der Waals surface area contributed by atoms with Crippen molar-refractivity contribution >= 4 is 5.69 Å². The van der Waals surface area contributed by atoms with E-state index in [1.165, 1.54) is 0 Å². The summed E-state index contributed by atoms with van der Waals surface area (Å²) in [4.78, 5) is 2.18. The van der Waals surface area contributed by atoms with Crippen LogP contribution in [0.1, 0.15) is 33.1 Å². The van der Waals surface area contributed by atoms with E-state index in [1.54, 1.807) is 0 Å². The summed E-state index contributed by atoms with van der Waals surface area (Å²) in [6.07, 6.45) is 2.02. The third-order valence-electron chi connectivity index (χ3n) is 3.20. The molecule has 3 nitrogen and oxygen atoms in total. The zero-order valence-electron chi connectivity index (χ0n) is 10.7. The molecule has 1 atom stereocenters. The molecule has 92 valence electrons. The van der Waals surface area contributed by atoms with E-state index in [0.717, 1.165) is 18.7 Å². The maximum absolute atomic E-state index is 8.73. The summed E-state index contributed by atoms with van der Waals surface area (Å²) in [6, 6.07) is 12.3.